The second kappa shape index (κ2) is 6.47. The van der Waals surface area contributed by atoms with Crippen molar-refractivity contribution in [3.05, 3.63) is 40.5 Å². The summed E-state index contributed by atoms with van der Waals surface area (Å²) in [6.45, 7) is 0. The average Bonchev–Trinajstić information content (AvgIpc) is 2.91. The van der Waals surface area contributed by atoms with Crippen LogP contribution < -0.4 is 10.1 Å². The monoisotopic (exact) mass is 263 g/mol. The highest BCUT2D eigenvalue weighted by atomic mass is 32.1. The van der Waals surface area contributed by atoms with Gasteiger partial charge in [0.15, 0.2) is 0 Å². The van der Waals surface area contributed by atoms with Crippen LogP contribution in [0, 0.1) is 0 Å². The van der Waals surface area contributed by atoms with E-state index in [0.717, 1.165) is 17.8 Å². The summed E-state index contributed by atoms with van der Waals surface area (Å²) in [6.07, 6.45) is 5.60. The fourth-order valence-corrected chi connectivity index (χ4v) is 2.48. The molecule has 0 amide bonds. The van der Waals surface area contributed by atoms with Crippen LogP contribution in [0.4, 0.5) is 0 Å². The predicted molar refractivity (Wildman–Crippen MR) is 73.2 cm³/mol. The number of thiazole rings is 1. The van der Waals surface area contributed by atoms with Crippen LogP contribution in [0.15, 0.2) is 29.9 Å². The molecule has 5 heteroatoms. The molecule has 18 heavy (non-hydrogen) atoms. The van der Waals surface area contributed by atoms with Gasteiger partial charge in [0, 0.05) is 36.3 Å². The first-order valence-corrected chi connectivity index (χ1v) is 6.74. The van der Waals surface area contributed by atoms with E-state index in [4.69, 9.17) is 4.74 Å². The molecule has 2 aromatic heterocycles. The number of likely N-dealkylation sites (N-methyl/N-ethyl adjacent to an activating group) is 1. The molecule has 0 bridgehead atoms. The maximum atomic E-state index is 5.05. The van der Waals surface area contributed by atoms with Crippen LogP contribution in [-0.2, 0) is 12.8 Å². The Hall–Kier alpha value is -1.46. The zero-order chi connectivity index (χ0) is 12.8. The van der Waals surface area contributed by atoms with Crippen LogP contribution in [0.25, 0.3) is 0 Å². The second-order valence-electron chi connectivity index (χ2n) is 4.03. The summed E-state index contributed by atoms with van der Waals surface area (Å²) in [4.78, 5) is 8.53. The molecule has 0 saturated heterocycles. The topological polar surface area (TPSA) is 47.0 Å². The van der Waals surface area contributed by atoms with Crippen molar-refractivity contribution in [1.29, 1.82) is 0 Å². The van der Waals surface area contributed by atoms with Crippen molar-refractivity contribution < 1.29 is 4.74 Å². The number of pyridine rings is 1. The molecule has 2 aromatic rings. The molecule has 1 atom stereocenters. The Morgan fingerprint density at radius 1 is 1.33 bits per heavy atom. The lowest BCUT2D eigenvalue weighted by Crippen LogP contribution is -2.29. The molecule has 0 aliphatic carbocycles. The molecule has 0 fully saturated rings. The van der Waals surface area contributed by atoms with Gasteiger partial charge in [-0.1, -0.05) is 6.07 Å². The van der Waals surface area contributed by atoms with Crippen LogP contribution in [0.3, 0.4) is 0 Å². The highest BCUT2D eigenvalue weighted by Gasteiger charge is 2.10. The van der Waals surface area contributed by atoms with E-state index >= 15 is 0 Å². The van der Waals surface area contributed by atoms with Gasteiger partial charge in [0.2, 0.25) is 5.88 Å². The Bertz CT molecular complexity index is 456. The van der Waals surface area contributed by atoms with E-state index in [9.17, 15) is 0 Å². The van der Waals surface area contributed by atoms with Gasteiger partial charge in [0.05, 0.1) is 12.1 Å². The van der Waals surface area contributed by atoms with Gasteiger partial charge in [-0.3, -0.25) is 0 Å². The first-order chi connectivity index (χ1) is 8.81. The molecular weight excluding hydrogens is 246 g/mol. The SMILES string of the molecule is CNC(Cc1ccc(OC)nc1)Cc1nccs1. The maximum absolute atomic E-state index is 5.05. The van der Waals surface area contributed by atoms with Gasteiger partial charge in [-0.25, -0.2) is 9.97 Å². The molecule has 0 aliphatic heterocycles. The number of hydrogen-bond acceptors (Lipinski definition) is 5. The molecule has 1 unspecified atom stereocenters. The smallest absolute Gasteiger partial charge is 0.212 e. The highest BCUT2D eigenvalue weighted by Crippen LogP contribution is 2.12. The van der Waals surface area contributed by atoms with E-state index in [1.54, 1.807) is 18.4 Å². The zero-order valence-corrected chi connectivity index (χ0v) is 11.4. The van der Waals surface area contributed by atoms with E-state index < -0.39 is 0 Å². The van der Waals surface area contributed by atoms with Crippen molar-refractivity contribution in [2.45, 2.75) is 18.9 Å². The van der Waals surface area contributed by atoms with Gasteiger partial charge in [-0.05, 0) is 19.0 Å². The number of methoxy groups -OCH3 is 1. The van der Waals surface area contributed by atoms with Gasteiger partial charge < -0.3 is 10.1 Å². The lowest BCUT2D eigenvalue weighted by Gasteiger charge is -2.14. The Labute approximate surface area is 111 Å². The van der Waals surface area contributed by atoms with Crippen molar-refractivity contribution in [3.8, 4) is 5.88 Å². The molecule has 2 rings (SSSR count). The van der Waals surface area contributed by atoms with Crippen LogP contribution in [0.1, 0.15) is 10.6 Å². The summed E-state index contributed by atoms with van der Waals surface area (Å²) in [5.74, 6) is 0.652. The molecule has 96 valence electrons. The maximum Gasteiger partial charge on any atom is 0.212 e. The van der Waals surface area contributed by atoms with E-state index in [1.807, 2.05) is 30.9 Å². The fourth-order valence-electron chi connectivity index (χ4n) is 1.78. The summed E-state index contributed by atoms with van der Waals surface area (Å²) in [5.41, 5.74) is 1.20. The normalized spacial score (nSPS) is 12.3. The summed E-state index contributed by atoms with van der Waals surface area (Å²) >= 11 is 1.70. The number of aromatic nitrogens is 2. The molecule has 0 aliphatic rings. The van der Waals surface area contributed by atoms with Crippen molar-refractivity contribution in [2.24, 2.45) is 0 Å². The van der Waals surface area contributed by atoms with Gasteiger partial charge in [0.1, 0.15) is 0 Å². The number of hydrogen-bond donors (Lipinski definition) is 1. The molecular formula is C13H17N3OS. The van der Waals surface area contributed by atoms with Crippen LogP contribution in [-0.4, -0.2) is 30.2 Å². The van der Waals surface area contributed by atoms with Gasteiger partial charge in [0.25, 0.3) is 0 Å². The third-order valence-corrected chi connectivity index (χ3v) is 3.60. The zero-order valence-electron chi connectivity index (χ0n) is 10.6. The van der Waals surface area contributed by atoms with Crippen molar-refractivity contribution in [3.63, 3.8) is 0 Å². The quantitative estimate of drug-likeness (QED) is 0.865. The van der Waals surface area contributed by atoms with Gasteiger partial charge >= 0.3 is 0 Å². The molecule has 0 radical (unpaired) electrons. The summed E-state index contributed by atoms with van der Waals surface area (Å²) in [7, 11) is 3.61. The number of nitrogens with zero attached hydrogens (tertiary/aromatic N) is 2. The van der Waals surface area contributed by atoms with Crippen molar-refractivity contribution >= 4 is 11.3 Å². The minimum atomic E-state index is 0.381. The average molecular weight is 263 g/mol. The molecule has 4 nitrogen and oxygen atoms in total. The third kappa shape index (κ3) is 3.51. The molecule has 0 saturated carbocycles. The Kier molecular flexibility index (Phi) is 4.66. The Balaban J connectivity index is 1.96. The van der Waals surface area contributed by atoms with Crippen molar-refractivity contribution in [1.82, 2.24) is 15.3 Å². The number of nitrogens with one attached hydrogen (secondary N) is 1. The highest BCUT2D eigenvalue weighted by molar-refractivity contribution is 7.09. The summed E-state index contributed by atoms with van der Waals surface area (Å²) in [6, 6.07) is 4.33. The number of ether oxygens (including phenoxy) is 1. The minimum Gasteiger partial charge on any atom is -0.481 e. The molecule has 1 N–H and O–H groups in total. The van der Waals surface area contributed by atoms with E-state index in [-0.39, 0.29) is 0 Å². The lowest BCUT2D eigenvalue weighted by molar-refractivity contribution is 0.397. The van der Waals surface area contributed by atoms with Crippen LogP contribution >= 0.6 is 11.3 Å². The number of rotatable bonds is 6. The largest absolute Gasteiger partial charge is 0.481 e. The van der Waals surface area contributed by atoms with Crippen molar-refractivity contribution in [2.75, 3.05) is 14.2 Å². The van der Waals surface area contributed by atoms with E-state index in [0.29, 0.717) is 11.9 Å². The minimum absolute atomic E-state index is 0.381. The predicted octanol–water partition coefficient (Wildman–Crippen LogP) is 1.92. The Morgan fingerprint density at radius 2 is 2.22 bits per heavy atom. The standard InChI is InChI=1S/C13H17N3OS/c1-14-11(8-13-15-5-6-18-13)7-10-3-4-12(17-2)16-9-10/h3-6,9,11,14H,7-8H2,1-2H3. The molecule has 2 heterocycles. The lowest BCUT2D eigenvalue weighted by atomic mass is 10.1. The second-order valence-corrected chi connectivity index (χ2v) is 5.01. The van der Waals surface area contributed by atoms with Gasteiger partial charge in [-0.15, -0.1) is 11.3 Å². The van der Waals surface area contributed by atoms with E-state index in [2.05, 4.69) is 21.4 Å². The van der Waals surface area contributed by atoms with E-state index in [1.165, 1.54) is 5.56 Å². The Morgan fingerprint density at radius 3 is 2.78 bits per heavy atom. The fraction of sp³-hybridized carbons (Fsp3) is 0.385. The van der Waals surface area contributed by atoms with Crippen LogP contribution in [0.2, 0.25) is 0 Å². The van der Waals surface area contributed by atoms with Gasteiger partial charge in [-0.2, -0.15) is 0 Å². The first-order valence-electron chi connectivity index (χ1n) is 5.86. The van der Waals surface area contributed by atoms with Crippen LogP contribution in [0.5, 0.6) is 5.88 Å². The summed E-state index contributed by atoms with van der Waals surface area (Å²) in [5, 5.41) is 6.50. The third-order valence-electron chi connectivity index (χ3n) is 2.80. The first kappa shape index (κ1) is 13.0. The summed E-state index contributed by atoms with van der Waals surface area (Å²) < 4.78 is 5.05. The molecule has 0 aromatic carbocycles. The molecule has 0 spiro atoms.